The summed E-state index contributed by atoms with van der Waals surface area (Å²) in [6.45, 7) is 8.22. The summed E-state index contributed by atoms with van der Waals surface area (Å²) in [5.41, 5.74) is 2.56. The second kappa shape index (κ2) is 6.63. The molecule has 3 aromatic rings. The molecule has 3 rings (SSSR count). The van der Waals surface area contributed by atoms with Crippen LogP contribution in [0.15, 0.2) is 30.5 Å². The van der Waals surface area contributed by atoms with E-state index < -0.39 is 11.7 Å². The molecule has 6 nitrogen and oxygen atoms in total. The molecule has 2 aromatic heterocycles. The molecular formula is C19H23N3O3. The second-order valence-electron chi connectivity index (χ2n) is 6.93. The van der Waals surface area contributed by atoms with Crippen molar-refractivity contribution in [2.24, 2.45) is 0 Å². The molecule has 132 valence electrons. The number of carbonyl (C=O) groups excluding carboxylic acids is 1. The number of ether oxygens (including phenoxy) is 2. The van der Waals surface area contributed by atoms with Crippen molar-refractivity contribution in [1.82, 2.24) is 15.3 Å². The van der Waals surface area contributed by atoms with Crippen LogP contribution in [0, 0.1) is 6.92 Å². The first-order chi connectivity index (χ1) is 11.8. The minimum absolute atomic E-state index is 0.369. The highest BCUT2D eigenvalue weighted by Gasteiger charge is 2.15. The predicted octanol–water partition coefficient (Wildman–Crippen LogP) is 3.93. The molecule has 0 atom stereocenters. The first-order valence-corrected chi connectivity index (χ1v) is 8.30. The average molecular weight is 341 g/mol. The monoisotopic (exact) mass is 341 g/mol. The van der Waals surface area contributed by atoms with Gasteiger partial charge in [0.25, 0.3) is 0 Å². The third kappa shape index (κ3) is 4.02. The second-order valence-corrected chi connectivity index (χ2v) is 6.93. The van der Waals surface area contributed by atoms with Gasteiger partial charge < -0.3 is 19.8 Å². The highest BCUT2D eigenvalue weighted by Crippen LogP contribution is 2.29. The van der Waals surface area contributed by atoms with Crippen LogP contribution in [0.5, 0.6) is 5.75 Å². The molecule has 0 fully saturated rings. The zero-order valence-corrected chi connectivity index (χ0v) is 15.0. The van der Waals surface area contributed by atoms with Gasteiger partial charge in [-0.05, 0) is 52.0 Å². The maximum absolute atomic E-state index is 11.6. The Balaban J connectivity index is 1.64. The molecule has 0 radical (unpaired) electrons. The molecule has 0 spiro atoms. The van der Waals surface area contributed by atoms with Gasteiger partial charge in [-0.25, -0.2) is 4.79 Å². The fourth-order valence-electron chi connectivity index (χ4n) is 2.66. The molecule has 0 aliphatic heterocycles. The molecule has 0 unspecified atom stereocenters. The van der Waals surface area contributed by atoms with Gasteiger partial charge in [0, 0.05) is 22.5 Å². The lowest BCUT2D eigenvalue weighted by atomic mass is 10.1. The standard InChI is InChI=1S/C19H23N3O3/c1-12-17-14(7-8-20-12)15-11-13(5-6-16(15)22-17)24-10-9-21-18(23)25-19(2,3)4/h5-8,11,22H,9-10H2,1-4H3,(H,21,23). The van der Waals surface area contributed by atoms with Crippen molar-refractivity contribution in [2.75, 3.05) is 13.2 Å². The largest absolute Gasteiger partial charge is 0.492 e. The van der Waals surface area contributed by atoms with E-state index in [0.29, 0.717) is 13.2 Å². The van der Waals surface area contributed by atoms with E-state index in [1.165, 1.54) is 0 Å². The van der Waals surface area contributed by atoms with Crippen LogP contribution in [0.3, 0.4) is 0 Å². The van der Waals surface area contributed by atoms with Crippen molar-refractivity contribution in [2.45, 2.75) is 33.3 Å². The molecule has 1 aromatic carbocycles. The number of H-pyrrole nitrogens is 1. The fourth-order valence-corrected chi connectivity index (χ4v) is 2.66. The summed E-state index contributed by atoms with van der Waals surface area (Å²) >= 11 is 0. The molecular weight excluding hydrogens is 318 g/mol. The number of amides is 1. The van der Waals surface area contributed by atoms with Crippen LogP contribution in [0.25, 0.3) is 21.8 Å². The zero-order valence-electron chi connectivity index (χ0n) is 15.0. The van der Waals surface area contributed by atoms with Crippen molar-refractivity contribution < 1.29 is 14.3 Å². The van der Waals surface area contributed by atoms with E-state index >= 15 is 0 Å². The molecule has 0 saturated carbocycles. The van der Waals surface area contributed by atoms with Crippen LogP contribution in [0.1, 0.15) is 26.5 Å². The van der Waals surface area contributed by atoms with Crippen LogP contribution in [0.4, 0.5) is 4.79 Å². The molecule has 2 N–H and O–H groups in total. The van der Waals surface area contributed by atoms with Gasteiger partial charge >= 0.3 is 6.09 Å². The van der Waals surface area contributed by atoms with Gasteiger partial charge in [-0.3, -0.25) is 4.98 Å². The zero-order chi connectivity index (χ0) is 18.0. The number of aromatic nitrogens is 2. The Labute approximate surface area is 146 Å². The molecule has 0 aliphatic carbocycles. The van der Waals surface area contributed by atoms with Crippen LogP contribution in [0.2, 0.25) is 0 Å². The molecule has 0 saturated heterocycles. The van der Waals surface area contributed by atoms with Crippen molar-refractivity contribution in [3.05, 3.63) is 36.2 Å². The SMILES string of the molecule is Cc1nccc2c1[nH]c1ccc(OCCNC(=O)OC(C)(C)C)cc12. The maximum atomic E-state index is 11.6. The fraction of sp³-hybridized carbons (Fsp3) is 0.368. The number of nitrogens with one attached hydrogen (secondary N) is 2. The summed E-state index contributed by atoms with van der Waals surface area (Å²) in [6, 6.07) is 7.90. The van der Waals surface area contributed by atoms with Crippen LogP contribution < -0.4 is 10.1 Å². The highest BCUT2D eigenvalue weighted by molar-refractivity contribution is 6.08. The highest BCUT2D eigenvalue weighted by atomic mass is 16.6. The molecule has 0 aliphatic rings. The Hall–Kier alpha value is -2.76. The van der Waals surface area contributed by atoms with E-state index in [1.807, 2.05) is 58.2 Å². The van der Waals surface area contributed by atoms with Gasteiger partial charge in [0.2, 0.25) is 0 Å². The van der Waals surface area contributed by atoms with Crippen molar-refractivity contribution in [3.8, 4) is 5.75 Å². The minimum atomic E-state index is -0.502. The number of aromatic amines is 1. The lowest BCUT2D eigenvalue weighted by Crippen LogP contribution is -2.34. The molecule has 1 amide bonds. The summed E-state index contributed by atoms with van der Waals surface area (Å²) in [4.78, 5) is 19.3. The van der Waals surface area contributed by atoms with Crippen molar-refractivity contribution >= 4 is 27.9 Å². The summed E-state index contributed by atoms with van der Waals surface area (Å²) < 4.78 is 10.9. The minimum Gasteiger partial charge on any atom is -0.492 e. The lowest BCUT2D eigenvalue weighted by Gasteiger charge is -2.19. The first kappa shape index (κ1) is 17.1. The Bertz CT molecular complexity index is 909. The molecule has 6 heteroatoms. The number of nitrogens with zero attached hydrogens (tertiary/aromatic N) is 1. The third-order valence-electron chi connectivity index (χ3n) is 3.72. The summed E-state index contributed by atoms with van der Waals surface area (Å²) in [5, 5.41) is 4.90. The predicted molar refractivity (Wildman–Crippen MR) is 98.1 cm³/mol. The van der Waals surface area contributed by atoms with Gasteiger partial charge in [-0.15, -0.1) is 0 Å². The number of aryl methyl sites for hydroxylation is 1. The number of alkyl carbamates (subject to hydrolysis) is 1. The van der Waals surface area contributed by atoms with E-state index in [2.05, 4.69) is 15.3 Å². The van der Waals surface area contributed by atoms with Crippen LogP contribution in [-0.4, -0.2) is 34.8 Å². The van der Waals surface area contributed by atoms with E-state index in [1.54, 1.807) is 0 Å². The van der Waals surface area contributed by atoms with Gasteiger partial charge in [-0.2, -0.15) is 0 Å². The number of hydrogen-bond donors (Lipinski definition) is 2. The first-order valence-electron chi connectivity index (χ1n) is 8.30. The van der Waals surface area contributed by atoms with Gasteiger partial charge in [0.05, 0.1) is 17.8 Å². The number of hydrogen-bond acceptors (Lipinski definition) is 4. The number of rotatable bonds is 4. The molecule has 0 bridgehead atoms. The van der Waals surface area contributed by atoms with E-state index in [4.69, 9.17) is 9.47 Å². The van der Waals surface area contributed by atoms with Crippen LogP contribution >= 0.6 is 0 Å². The third-order valence-corrected chi connectivity index (χ3v) is 3.72. The normalized spacial score (nSPS) is 11.7. The number of carbonyl (C=O) groups is 1. The molecule has 25 heavy (non-hydrogen) atoms. The Morgan fingerprint density at radius 2 is 2.04 bits per heavy atom. The lowest BCUT2D eigenvalue weighted by molar-refractivity contribution is 0.0520. The van der Waals surface area contributed by atoms with Crippen molar-refractivity contribution in [1.29, 1.82) is 0 Å². The average Bonchev–Trinajstić information content (AvgIpc) is 2.90. The number of fused-ring (bicyclic) bond motifs is 3. The van der Waals surface area contributed by atoms with Crippen LogP contribution in [-0.2, 0) is 4.74 Å². The maximum Gasteiger partial charge on any atom is 0.407 e. The van der Waals surface area contributed by atoms with Gasteiger partial charge in [-0.1, -0.05) is 0 Å². The quantitative estimate of drug-likeness (QED) is 0.705. The summed E-state index contributed by atoms with van der Waals surface area (Å²) in [7, 11) is 0. The number of benzene rings is 1. The topological polar surface area (TPSA) is 76.2 Å². The summed E-state index contributed by atoms with van der Waals surface area (Å²) in [5.74, 6) is 0.758. The Morgan fingerprint density at radius 3 is 2.80 bits per heavy atom. The Morgan fingerprint density at radius 1 is 1.24 bits per heavy atom. The smallest absolute Gasteiger partial charge is 0.407 e. The van der Waals surface area contributed by atoms with E-state index in [0.717, 1.165) is 33.2 Å². The van der Waals surface area contributed by atoms with Gasteiger partial charge in [0.1, 0.15) is 18.0 Å². The number of pyridine rings is 1. The Kier molecular flexibility index (Phi) is 4.53. The summed E-state index contributed by atoms with van der Waals surface area (Å²) in [6.07, 6.45) is 1.37. The van der Waals surface area contributed by atoms with E-state index in [-0.39, 0.29) is 0 Å². The van der Waals surface area contributed by atoms with E-state index in [9.17, 15) is 4.79 Å². The molecule has 2 heterocycles. The van der Waals surface area contributed by atoms with Gasteiger partial charge in [0.15, 0.2) is 0 Å². The van der Waals surface area contributed by atoms with Crippen molar-refractivity contribution in [3.63, 3.8) is 0 Å².